The number of methoxy groups -OCH3 is 2. The van der Waals surface area contributed by atoms with Gasteiger partial charge in [-0.05, 0) is 51.9 Å². The van der Waals surface area contributed by atoms with E-state index in [1.165, 1.54) is 18.4 Å². The fraction of sp³-hybridized carbons (Fsp3) is 0.647. The summed E-state index contributed by atoms with van der Waals surface area (Å²) in [6, 6.07) is 4.46. The highest BCUT2D eigenvalue weighted by atomic mass is 16.5. The predicted molar refractivity (Wildman–Crippen MR) is 82.4 cm³/mol. The molecule has 1 unspecified atom stereocenters. The van der Waals surface area contributed by atoms with Gasteiger partial charge in [0, 0.05) is 18.0 Å². The molecule has 0 amide bonds. The van der Waals surface area contributed by atoms with Crippen LogP contribution in [0.15, 0.2) is 12.1 Å². The van der Waals surface area contributed by atoms with E-state index < -0.39 is 0 Å². The summed E-state index contributed by atoms with van der Waals surface area (Å²) < 4.78 is 17.5. The van der Waals surface area contributed by atoms with Crippen LogP contribution < -0.4 is 14.2 Å². The second-order valence-electron chi connectivity index (χ2n) is 6.40. The number of ether oxygens (including phenoxy) is 3. The highest BCUT2D eigenvalue weighted by Crippen LogP contribution is 2.53. The smallest absolute Gasteiger partial charge is 0.203 e. The second kappa shape index (κ2) is 5.41. The van der Waals surface area contributed by atoms with Crippen LogP contribution in [0.4, 0.5) is 0 Å². The van der Waals surface area contributed by atoms with Crippen LogP contribution in [0.5, 0.6) is 17.2 Å². The highest BCUT2D eigenvalue weighted by Gasteiger charge is 2.45. The molecule has 1 aliphatic heterocycles. The lowest BCUT2D eigenvalue weighted by molar-refractivity contribution is 0.0149. The first-order valence-electron chi connectivity index (χ1n) is 7.70. The van der Waals surface area contributed by atoms with Crippen LogP contribution >= 0.6 is 0 Å². The maximum atomic E-state index is 6.49. The van der Waals surface area contributed by atoms with E-state index >= 15 is 0 Å². The zero-order valence-corrected chi connectivity index (χ0v) is 13.4. The van der Waals surface area contributed by atoms with Crippen LogP contribution in [0, 0.1) is 0 Å². The first-order chi connectivity index (χ1) is 10.1. The molecule has 1 atom stereocenters. The minimum atomic E-state index is -0.0262. The number of nitrogens with zero attached hydrogens (tertiary/aromatic N) is 1. The Kier molecular flexibility index (Phi) is 3.74. The van der Waals surface area contributed by atoms with E-state index in [-0.39, 0.29) is 5.60 Å². The minimum Gasteiger partial charge on any atom is -0.493 e. The maximum absolute atomic E-state index is 6.49. The molecular weight excluding hydrogens is 266 g/mol. The van der Waals surface area contributed by atoms with Gasteiger partial charge in [0.2, 0.25) is 5.75 Å². The summed E-state index contributed by atoms with van der Waals surface area (Å²) in [7, 11) is 7.63. The van der Waals surface area contributed by atoms with Crippen molar-refractivity contribution < 1.29 is 14.2 Å². The molecule has 0 bridgehead atoms. The van der Waals surface area contributed by atoms with Crippen molar-refractivity contribution in [3.8, 4) is 17.2 Å². The Bertz CT molecular complexity index is 521. The Morgan fingerprint density at radius 2 is 1.86 bits per heavy atom. The van der Waals surface area contributed by atoms with E-state index in [0.717, 1.165) is 36.5 Å². The summed E-state index contributed by atoms with van der Waals surface area (Å²) >= 11 is 0. The SMILES string of the molecule is COc1ccc2c(c1OC)OC1(CCCC1)CC2N(C)C. The van der Waals surface area contributed by atoms with E-state index in [0.29, 0.717) is 6.04 Å². The van der Waals surface area contributed by atoms with E-state index in [2.05, 4.69) is 25.1 Å². The molecule has 0 saturated heterocycles. The summed E-state index contributed by atoms with van der Waals surface area (Å²) in [5, 5.41) is 0. The largest absolute Gasteiger partial charge is 0.493 e. The molecule has 1 heterocycles. The Morgan fingerprint density at radius 3 is 2.43 bits per heavy atom. The lowest BCUT2D eigenvalue weighted by Gasteiger charge is -2.42. The minimum absolute atomic E-state index is 0.0262. The van der Waals surface area contributed by atoms with Gasteiger partial charge in [0.05, 0.1) is 14.2 Å². The van der Waals surface area contributed by atoms with E-state index in [1.807, 2.05) is 6.07 Å². The van der Waals surface area contributed by atoms with Crippen molar-refractivity contribution in [3.63, 3.8) is 0 Å². The van der Waals surface area contributed by atoms with Gasteiger partial charge in [-0.15, -0.1) is 0 Å². The second-order valence-corrected chi connectivity index (χ2v) is 6.40. The lowest BCUT2D eigenvalue weighted by Crippen LogP contribution is -2.42. The van der Waals surface area contributed by atoms with E-state index in [1.54, 1.807) is 14.2 Å². The van der Waals surface area contributed by atoms with Crippen LogP contribution in [0.1, 0.15) is 43.7 Å². The summed E-state index contributed by atoms with van der Waals surface area (Å²) in [6.07, 6.45) is 5.83. The Balaban J connectivity index is 2.11. The molecule has 4 heteroatoms. The maximum Gasteiger partial charge on any atom is 0.203 e. The van der Waals surface area contributed by atoms with Crippen molar-refractivity contribution in [1.82, 2.24) is 4.90 Å². The van der Waals surface area contributed by atoms with Crippen molar-refractivity contribution in [3.05, 3.63) is 17.7 Å². The van der Waals surface area contributed by atoms with Gasteiger partial charge in [0.1, 0.15) is 5.60 Å². The van der Waals surface area contributed by atoms with Crippen molar-refractivity contribution in [2.75, 3.05) is 28.3 Å². The molecule has 3 rings (SSSR count). The molecule has 0 radical (unpaired) electrons. The van der Waals surface area contributed by atoms with Gasteiger partial charge < -0.3 is 19.1 Å². The third kappa shape index (κ3) is 2.35. The average molecular weight is 291 g/mol. The van der Waals surface area contributed by atoms with Crippen molar-refractivity contribution in [1.29, 1.82) is 0 Å². The summed E-state index contributed by atoms with van der Waals surface area (Å²) in [6.45, 7) is 0. The molecule has 1 aromatic carbocycles. The van der Waals surface area contributed by atoms with Crippen LogP contribution in [-0.4, -0.2) is 38.8 Å². The van der Waals surface area contributed by atoms with Gasteiger partial charge in [0.15, 0.2) is 11.5 Å². The first-order valence-corrected chi connectivity index (χ1v) is 7.70. The van der Waals surface area contributed by atoms with Crippen molar-refractivity contribution in [2.24, 2.45) is 0 Å². The average Bonchev–Trinajstić information content (AvgIpc) is 2.92. The van der Waals surface area contributed by atoms with Crippen LogP contribution in [0.25, 0.3) is 0 Å². The van der Waals surface area contributed by atoms with Crippen molar-refractivity contribution >= 4 is 0 Å². The molecule has 1 fully saturated rings. The molecule has 116 valence electrons. The number of fused-ring (bicyclic) bond motifs is 1. The number of rotatable bonds is 3. The molecule has 1 saturated carbocycles. The van der Waals surface area contributed by atoms with Gasteiger partial charge in [-0.1, -0.05) is 0 Å². The third-order valence-corrected chi connectivity index (χ3v) is 4.91. The van der Waals surface area contributed by atoms with Crippen LogP contribution in [-0.2, 0) is 0 Å². The zero-order chi connectivity index (χ0) is 15.0. The first kappa shape index (κ1) is 14.5. The fourth-order valence-electron chi connectivity index (χ4n) is 3.79. The third-order valence-electron chi connectivity index (χ3n) is 4.91. The number of hydrogen-bond acceptors (Lipinski definition) is 4. The normalized spacial score (nSPS) is 23.0. The zero-order valence-electron chi connectivity index (χ0n) is 13.4. The standard InChI is InChI=1S/C17H25NO3/c1-18(2)13-11-17(9-5-6-10-17)21-15-12(13)7-8-14(19-3)16(15)20-4/h7-8,13H,5-6,9-11H2,1-4H3. The van der Waals surface area contributed by atoms with Gasteiger partial charge in [-0.25, -0.2) is 0 Å². The molecule has 2 aliphatic rings. The number of benzene rings is 1. The fourth-order valence-corrected chi connectivity index (χ4v) is 3.79. The molecule has 0 N–H and O–H groups in total. The molecule has 1 aliphatic carbocycles. The van der Waals surface area contributed by atoms with Crippen LogP contribution in [0.3, 0.4) is 0 Å². The molecule has 1 aromatic rings. The van der Waals surface area contributed by atoms with Crippen LogP contribution in [0.2, 0.25) is 0 Å². The molecule has 0 aromatic heterocycles. The topological polar surface area (TPSA) is 30.9 Å². The summed E-state index contributed by atoms with van der Waals surface area (Å²) in [5.74, 6) is 2.35. The van der Waals surface area contributed by atoms with Crippen molar-refractivity contribution in [2.45, 2.75) is 43.7 Å². The Hall–Kier alpha value is -1.42. The molecular formula is C17H25NO3. The van der Waals surface area contributed by atoms with Gasteiger partial charge >= 0.3 is 0 Å². The molecule has 1 spiro atoms. The summed E-state index contributed by atoms with van der Waals surface area (Å²) in [4.78, 5) is 2.29. The molecule has 4 nitrogen and oxygen atoms in total. The highest BCUT2D eigenvalue weighted by molar-refractivity contribution is 5.58. The lowest BCUT2D eigenvalue weighted by atomic mass is 9.85. The Morgan fingerprint density at radius 1 is 1.14 bits per heavy atom. The van der Waals surface area contributed by atoms with E-state index in [4.69, 9.17) is 14.2 Å². The predicted octanol–water partition coefficient (Wildman–Crippen LogP) is 3.40. The quantitative estimate of drug-likeness (QED) is 0.854. The monoisotopic (exact) mass is 291 g/mol. The summed E-state index contributed by atoms with van der Waals surface area (Å²) in [5.41, 5.74) is 1.18. The van der Waals surface area contributed by atoms with Gasteiger partial charge in [-0.2, -0.15) is 0 Å². The van der Waals surface area contributed by atoms with Gasteiger partial charge in [-0.3, -0.25) is 0 Å². The van der Waals surface area contributed by atoms with Gasteiger partial charge in [0.25, 0.3) is 0 Å². The Labute approximate surface area is 127 Å². The van der Waals surface area contributed by atoms with E-state index in [9.17, 15) is 0 Å². The number of hydrogen-bond donors (Lipinski definition) is 0. The molecule has 21 heavy (non-hydrogen) atoms.